The van der Waals surface area contributed by atoms with E-state index >= 15 is 0 Å². The summed E-state index contributed by atoms with van der Waals surface area (Å²) in [6.07, 6.45) is 0.148. The van der Waals surface area contributed by atoms with Crippen LogP contribution >= 0.6 is 0 Å². The molecule has 1 aliphatic heterocycles. The Balaban J connectivity index is 1.81. The zero-order valence-electron chi connectivity index (χ0n) is 16.6. The molecule has 2 heterocycles. The summed E-state index contributed by atoms with van der Waals surface area (Å²) in [4.78, 5) is 30.9. The second-order valence-electron chi connectivity index (χ2n) is 7.24. The van der Waals surface area contributed by atoms with Gasteiger partial charge >= 0.3 is 0 Å². The molecule has 0 spiro atoms. The summed E-state index contributed by atoms with van der Waals surface area (Å²) in [5.41, 5.74) is 2.28. The molecule has 2 aromatic rings. The number of aromatic nitrogens is 1. The van der Waals surface area contributed by atoms with E-state index in [1.165, 1.54) is 17.0 Å². The number of rotatable bonds is 4. The Morgan fingerprint density at radius 2 is 1.89 bits per heavy atom. The van der Waals surface area contributed by atoms with Crippen LogP contribution in [0.15, 0.2) is 28.8 Å². The molecule has 0 bridgehead atoms. The van der Waals surface area contributed by atoms with E-state index in [-0.39, 0.29) is 24.1 Å². The minimum atomic E-state index is -0.609. The van der Waals surface area contributed by atoms with E-state index in [4.69, 9.17) is 4.52 Å². The van der Waals surface area contributed by atoms with E-state index in [1.54, 1.807) is 45.0 Å². The lowest BCUT2D eigenvalue weighted by atomic mass is 10.1. The maximum Gasteiger partial charge on any atom is 0.246 e. The van der Waals surface area contributed by atoms with Crippen LogP contribution in [0.2, 0.25) is 0 Å². The fourth-order valence-corrected chi connectivity index (χ4v) is 3.48. The zero-order chi connectivity index (χ0) is 20.4. The van der Waals surface area contributed by atoms with Crippen molar-refractivity contribution in [2.24, 2.45) is 0 Å². The number of piperazine rings is 1. The lowest BCUT2D eigenvalue weighted by Crippen LogP contribution is -2.60. The molecule has 1 saturated heterocycles. The number of amides is 2. The van der Waals surface area contributed by atoms with E-state index in [0.29, 0.717) is 31.1 Å². The zero-order valence-corrected chi connectivity index (χ0v) is 16.6. The van der Waals surface area contributed by atoms with E-state index < -0.39 is 6.04 Å². The molecular formula is C20H25FN4O3. The van der Waals surface area contributed by atoms with Gasteiger partial charge in [-0.1, -0.05) is 5.16 Å². The molecule has 0 aliphatic carbocycles. The van der Waals surface area contributed by atoms with Gasteiger partial charge in [0.2, 0.25) is 11.8 Å². The molecule has 1 aromatic heterocycles. The van der Waals surface area contributed by atoms with Gasteiger partial charge in [0.05, 0.1) is 12.1 Å². The van der Waals surface area contributed by atoms with Crippen LogP contribution in [0.4, 0.5) is 10.1 Å². The second-order valence-corrected chi connectivity index (χ2v) is 7.24. The summed E-state index contributed by atoms with van der Waals surface area (Å²) >= 11 is 0. The molecule has 3 rings (SSSR count). The SMILES string of the molecule is Cc1noc(C)c1CC(=O)N1CCN(c2ccc(F)cc2)CC1C(=O)N(C)C. The number of benzene rings is 1. The predicted molar refractivity (Wildman–Crippen MR) is 102 cm³/mol. The molecule has 1 aliphatic rings. The summed E-state index contributed by atoms with van der Waals surface area (Å²) < 4.78 is 18.4. The van der Waals surface area contributed by atoms with Gasteiger partial charge in [-0.3, -0.25) is 9.59 Å². The molecule has 0 saturated carbocycles. The molecule has 150 valence electrons. The number of carbonyl (C=O) groups excluding carboxylic acids is 2. The number of aryl methyl sites for hydroxylation is 2. The molecule has 7 nitrogen and oxygen atoms in total. The Hall–Kier alpha value is -2.90. The van der Waals surface area contributed by atoms with Gasteiger partial charge in [0.15, 0.2) is 0 Å². The van der Waals surface area contributed by atoms with Gasteiger partial charge in [-0.25, -0.2) is 4.39 Å². The molecule has 28 heavy (non-hydrogen) atoms. The maximum absolute atomic E-state index is 13.2. The van der Waals surface area contributed by atoms with Gasteiger partial charge < -0.3 is 19.2 Å². The van der Waals surface area contributed by atoms with Gasteiger partial charge in [-0.05, 0) is 38.1 Å². The summed E-state index contributed by atoms with van der Waals surface area (Å²) in [5, 5.41) is 3.90. The van der Waals surface area contributed by atoms with Gasteiger partial charge in [-0.15, -0.1) is 0 Å². The molecule has 0 radical (unpaired) electrons. The summed E-state index contributed by atoms with van der Waals surface area (Å²) in [6.45, 7) is 4.90. The molecule has 8 heteroatoms. The smallest absolute Gasteiger partial charge is 0.246 e. The van der Waals surface area contributed by atoms with Crippen molar-refractivity contribution in [3.8, 4) is 0 Å². The molecule has 1 aromatic carbocycles. The first-order valence-electron chi connectivity index (χ1n) is 9.21. The third-order valence-corrected chi connectivity index (χ3v) is 5.13. The van der Waals surface area contributed by atoms with Gasteiger partial charge in [0, 0.05) is 45.0 Å². The number of hydrogen-bond acceptors (Lipinski definition) is 5. The minimum Gasteiger partial charge on any atom is -0.367 e. The first-order chi connectivity index (χ1) is 13.3. The van der Waals surface area contributed by atoms with Crippen LogP contribution in [0.1, 0.15) is 17.0 Å². The predicted octanol–water partition coefficient (Wildman–Crippen LogP) is 1.78. The quantitative estimate of drug-likeness (QED) is 0.799. The maximum atomic E-state index is 13.2. The molecular weight excluding hydrogens is 363 g/mol. The minimum absolute atomic E-state index is 0.131. The van der Waals surface area contributed by atoms with Gasteiger partial charge in [-0.2, -0.15) is 0 Å². The number of likely N-dealkylation sites (N-methyl/N-ethyl adjacent to an activating group) is 1. The van der Waals surface area contributed by atoms with Gasteiger partial charge in [0.1, 0.15) is 17.6 Å². The Labute approximate surface area is 163 Å². The molecule has 1 fully saturated rings. The molecule has 2 amide bonds. The fraction of sp³-hybridized carbons (Fsp3) is 0.450. The van der Waals surface area contributed by atoms with Crippen molar-refractivity contribution in [2.45, 2.75) is 26.3 Å². The first-order valence-corrected chi connectivity index (χ1v) is 9.21. The monoisotopic (exact) mass is 388 g/mol. The number of halogens is 1. The summed E-state index contributed by atoms with van der Waals surface area (Å²) in [7, 11) is 3.35. The van der Waals surface area contributed by atoms with Crippen molar-refractivity contribution in [3.63, 3.8) is 0 Å². The van der Waals surface area contributed by atoms with Crippen molar-refractivity contribution in [2.75, 3.05) is 38.6 Å². The summed E-state index contributed by atoms with van der Waals surface area (Å²) in [5.74, 6) is 0.0384. The third kappa shape index (κ3) is 4.00. The Bertz CT molecular complexity index is 843. The van der Waals surface area contributed by atoms with Crippen LogP contribution < -0.4 is 4.90 Å². The Morgan fingerprint density at radius 3 is 2.46 bits per heavy atom. The summed E-state index contributed by atoms with van der Waals surface area (Å²) in [6, 6.07) is 5.56. The van der Waals surface area contributed by atoms with Crippen LogP contribution in [0.5, 0.6) is 0 Å². The molecule has 0 N–H and O–H groups in total. The average Bonchev–Trinajstić information content (AvgIpc) is 2.99. The van der Waals surface area contributed by atoms with Crippen LogP contribution in [0, 0.1) is 19.7 Å². The van der Waals surface area contributed by atoms with Crippen LogP contribution in [-0.4, -0.2) is 66.5 Å². The van der Waals surface area contributed by atoms with Crippen molar-refractivity contribution in [3.05, 3.63) is 47.1 Å². The van der Waals surface area contributed by atoms with E-state index in [0.717, 1.165) is 11.3 Å². The lowest BCUT2D eigenvalue weighted by molar-refractivity contribution is -0.144. The molecule has 1 unspecified atom stereocenters. The van der Waals surface area contributed by atoms with Gasteiger partial charge in [0.25, 0.3) is 0 Å². The Morgan fingerprint density at radius 1 is 1.21 bits per heavy atom. The van der Waals surface area contributed by atoms with E-state index in [9.17, 15) is 14.0 Å². The lowest BCUT2D eigenvalue weighted by Gasteiger charge is -2.42. The highest BCUT2D eigenvalue weighted by molar-refractivity contribution is 5.89. The van der Waals surface area contributed by atoms with Crippen LogP contribution in [-0.2, 0) is 16.0 Å². The topological polar surface area (TPSA) is 69.9 Å². The van der Waals surface area contributed by atoms with Crippen molar-refractivity contribution in [1.29, 1.82) is 0 Å². The highest BCUT2D eigenvalue weighted by Crippen LogP contribution is 2.22. The van der Waals surface area contributed by atoms with E-state index in [2.05, 4.69) is 5.16 Å². The van der Waals surface area contributed by atoms with Crippen molar-refractivity contribution in [1.82, 2.24) is 15.0 Å². The number of hydrogen-bond donors (Lipinski definition) is 0. The third-order valence-electron chi connectivity index (χ3n) is 5.13. The number of nitrogens with zero attached hydrogens (tertiary/aromatic N) is 4. The van der Waals surface area contributed by atoms with Crippen molar-refractivity contribution < 1.29 is 18.5 Å². The average molecular weight is 388 g/mol. The number of anilines is 1. The van der Waals surface area contributed by atoms with Crippen LogP contribution in [0.3, 0.4) is 0 Å². The van der Waals surface area contributed by atoms with Crippen molar-refractivity contribution >= 4 is 17.5 Å². The normalized spacial score (nSPS) is 17.0. The Kier molecular flexibility index (Phi) is 5.67. The first kappa shape index (κ1) is 19.9. The van der Waals surface area contributed by atoms with Crippen LogP contribution in [0.25, 0.3) is 0 Å². The standard InChI is InChI=1S/C20H25FN4O3/c1-13-17(14(2)28-22-13)11-19(26)25-10-9-24(12-18(25)20(27)23(3)4)16-7-5-15(21)6-8-16/h5-8,18H,9-12H2,1-4H3. The molecule has 1 atom stereocenters. The second kappa shape index (κ2) is 8.00. The van der Waals surface area contributed by atoms with E-state index in [1.807, 2.05) is 4.90 Å². The fourth-order valence-electron chi connectivity index (χ4n) is 3.48. The highest BCUT2D eigenvalue weighted by Gasteiger charge is 2.36. The number of carbonyl (C=O) groups is 2. The highest BCUT2D eigenvalue weighted by atomic mass is 19.1. The largest absolute Gasteiger partial charge is 0.367 e.